The lowest BCUT2D eigenvalue weighted by Gasteiger charge is -2.19. The van der Waals surface area contributed by atoms with E-state index in [1.807, 2.05) is 0 Å². The number of aryl methyl sites for hydroxylation is 1. The first-order valence-corrected chi connectivity index (χ1v) is 6.62. The summed E-state index contributed by atoms with van der Waals surface area (Å²) in [6.45, 7) is 4.64. The zero-order valence-corrected chi connectivity index (χ0v) is 11.2. The monoisotopic (exact) mass is 283 g/mol. The van der Waals surface area contributed by atoms with Crippen molar-refractivity contribution in [3.05, 3.63) is 28.2 Å². The number of aliphatic hydroxyl groups excluding tert-OH is 1. The van der Waals surface area contributed by atoms with Crippen LogP contribution in [-0.4, -0.2) is 24.8 Å². The third kappa shape index (κ3) is 2.58. The molecule has 1 fully saturated rings. The van der Waals surface area contributed by atoms with Gasteiger partial charge in [0, 0.05) is 29.9 Å². The highest BCUT2D eigenvalue weighted by Crippen LogP contribution is 2.28. The van der Waals surface area contributed by atoms with Crippen molar-refractivity contribution in [2.75, 3.05) is 24.6 Å². The minimum Gasteiger partial charge on any atom is -0.396 e. The summed E-state index contributed by atoms with van der Waals surface area (Å²) in [7, 11) is 0. The Bertz CT molecular complexity index is 367. The van der Waals surface area contributed by atoms with E-state index in [0.29, 0.717) is 12.5 Å². The van der Waals surface area contributed by atoms with E-state index in [2.05, 4.69) is 46.0 Å². The molecule has 0 radical (unpaired) electrons. The van der Waals surface area contributed by atoms with Crippen LogP contribution in [0.25, 0.3) is 0 Å². The number of nitrogens with zero attached hydrogens (tertiary/aromatic N) is 1. The van der Waals surface area contributed by atoms with Gasteiger partial charge in [-0.25, -0.2) is 0 Å². The van der Waals surface area contributed by atoms with Crippen LogP contribution in [0.2, 0.25) is 0 Å². The zero-order valence-electron chi connectivity index (χ0n) is 9.62. The van der Waals surface area contributed by atoms with Crippen molar-refractivity contribution < 1.29 is 5.11 Å². The van der Waals surface area contributed by atoms with Crippen LogP contribution >= 0.6 is 15.9 Å². The first kappa shape index (κ1) is 11.9. The van der Waals surface area contributed by atoms with Gasteiger partial charge in [-0.1, -0.05) is 15.9 Å². The summed E-state index contributed by atoms with van der Waals surface area (Å²) < 4.78 is 1.17. The normalized spacial score (nSPS) is 20.4. The summed E-state index contributed by atoms with van der Waals surface area (Å²) >= 11 is 3.52. The van der Waals surface area contributed by atoms with Crippen LogP contribution in [0.1, 0.15) is 18.4 Å². The van der Waals surface area contributed by atoms with Gasteiger partial charge in [0.05, 0.1) is 0 Å². The molecule has 1 aromatic rings. The number of hydrogen-bond acceptors (Lipinski definition) is 2. The molecule has 16 heavy (non-hydrogen) atoms. The van der Waals surface area contributed by atoms with Crippen molar-refractivity contribution >= 4 is 21.6 Å². The minimum atomic E-state index is 0.317. The highest BCUT2D eigenvalue weighted by molar-refractivity contribution is 9.10. The Hall–Kier alpha value is -0.540. The van der Waals surface area contributed by atoms with Gasteiger partial charge < -0.3 is 10.0 Å². The van der Waals surface area contributed by atoms with Crippen molar-refractivity contribution in [3.63, 3.8) is 0 Å². The molecule has 1 N–H and O–H groups in total. The molecule has 0 aromatic heterocycles. The summed E-state index contributed by atoms with van der Waals surface area (Å²) in [5.74, 6) is 0.661. The van der Waals surface area contributed by atoms with Gasteiger partial charge in [-0.2, -0.15) is 0 Å². The van der Waals surface area contributed by atoms with E-state index < -0.39 is 0 Å². The van der Waals surface area contributed by atoms with Crippen LogP contribution in [0, 0.1) is 12.8 Å². The molecule has 0 bridgehead atoms. The van der Waals surface area contributed by atoms with E-state index in [1.54, 1.807) is 0 Å². The van der Waals surface area contributed by atoms with Crippen molar-refractivity contribution in [3.8, 4) is 0 Å². The number of halogens is 1. The highest BCUT2D eigenvalue weighted by Gasteiger charge is 2.22. The van der Waals surface area contributed by atoms with Gasteiger partial charge >= 0.3 is 0 Å². The van der Waals surface area contributed by atoms with Crippen molar-refractivity contribution in [1.29, 1.82) is 0 Å². The molecule has 0 aliphatic carbocycles. The molecular weight excluding hydrogens is 266 g/mol. The van der Waals surface area contributed by atoms with E-state index in [9.17, 15) is 0 Å². The van der Waals surface area contributed by atoms with Gasteiger partial charge in [0.1, 0.15) is 0 Å². The molecule has 2 rings (SSSR count). The molecule has 0 amide bonds. The summed E-state index contributed by atoms with van der Waals surface area (Å²) in [6.07, 6.45) is 2.14. The Kier molecular flexibility index (Phi) is 3.87. The predicted molar refractivity (Wildman–Crippen MR) is 70.9 cm³/mol. The number of aliphatic hydroxyl groups is 1. The Morgan fingerprint density at radius 3 is 3.00 bits per heavy atom. The van der Waals surface area contributed by atoms with Gasteiger partial charge in [0.2, 0.25) is 0 Å². The SMILES string of the molecule is Cc1cc(N2CCC(CCO)C2)ccc1Br. The number of benzene rings is 1. The number of hydrogen-bond donors (Lipinski definition) is 1. The zero-order chi connectivity index (χ0) is 11.5. The molecule has 0 saturated carbocycles. The molecule has 1 aliphatic heterocycles. The molecule has 1 aliphatic rings. The van der Waals surface area contributed by atoms with Crippen LogP contribution in [-0.2, 0) is 0 Å². The summed E-state index contributed by atoms with van der Waals surface area (Å²) in [5, 5.41) is 8.94. The van der Waals surface area contributed by atoms with E-state index >= 15 is 0 Å². The fourth-order valence-corrected chi connectivity index (χ4v) is 2.56. The third-order valence-corrected chi connectivity index (χ3v) is 4.22. The molecule has 1 heterocycles. The van der Waals surface area contributed by atoms with Crippen molar-refractivity contribution in [2.45, 2.75) is 19.8 Å². The maximum Gasteiger partial charge on any atom is 0.0434 e. The van der Waals surface area contributed by atoms with Gasteiger partial charge in [0.15, 0.2) is 0 Å². The standard InChI is InChI=1S/C13H18BrNO/c1-10-8-12(2-3-13(10)14)15-6-4-11(9-15)5-7-16/h2-3,8,11,16H,4-7,9H2,1H3. The Morgan fingerprint density at radius 2 is 2.31 bits per heavy atom. The fourth-order valence-electron chi connectivity index (χ4n) is 2.31. The first-order chi connectivity index (χ1) is 7.70. The van der Waals surface area contributed by atoms with Crippen LogP contribution in [0.4, 0.5) is 5.69 Å². The van der Waals surface area contributed by atoms with Crippen LogP contribution in [0.15, 0.2) is 22.7 Å². The smallest absolute Gasteiger partial charge is 0.0434 e. The Balaban J connectivity index is 2.05. The second-order valence-corrected chi connectivity index (χ2v) is 5.40. The lowest BCUT2D eigenvalue weighted by Crippen LogP contribution is -2.19. The van der Waals surface area contributed by atoms with Crippen molar-refractivity contribution in [1.82, 2.24) is 0 Å². The molecule has 2 nitrogen and oxygen atoms in total. The van der Waals surface area contributed by atoms with Gasteiger partial charge in [0.25, 0.3) is 0 Å². The molecule has 1 unspecified atom stereocenters. The average Bonchev–Trinajstić information content (AvgIpc) is 2.71. The molecule has 88 valence electrons. The Labute approximate surface area is 105 Å². The van der Waals surface area contributed by atoms with Crippen molar-refractivity contribution in [2.24, 2.45) is 5.92 Å². The molecule has 1 atom stereocenters. The summed E-state index contributed by atoms with van der Waals surface area (Å²) in [5.41, 5.74) is 2.59. The van der Waals surface area contributed by atoms with Gasteiger partial charge in [-0.05, 0) is 49.4 Å². The maximum absolute atomic E-state index is 8.94. The van der Waals surface area contributed by atoms with Gasteiger partial charge in [-0.3, -0.25) is 0 Å². The Morgan fingerprint density at radius 1 is 1.50 bits per heavy atom. The average molecular weight is 284 g/mol. The third-order valence-electron chi connectivity index (χ3n) is 3.33. The molecule has 3 heteroatoms. The second-order valence-electron chi connectivity index (χ2n) is 4.55. The number of anilines is 1. The lowest BCUT2D eigenvalue weighted by atomic mass is 10.1. The van der Waals surface area contributed by atoms with E-state index in [4.69, 9.17) is 5.11 Å². The molecular formula is C13H18BrNO. The molecule has 0 spiro atoms. The maximum atomic E-state index is 8.94. The molecule has 1 saturated heterocycles. The summed E-state index contributed by atoms with van der Waals surface area (Å²) in [4.78, 5) is 2.42. The topological polar surface area (TPSA) is 23.5 Å². The van der Waals surface area contributed by atoms with Gasteiger partial charge in [-0.15, -0.1) is 0 Å². The highest BCUT2D eigenvalue weighted by atomic mass is 79.9. The van der Waals surface area contributed by atoms with Crippen LogP contribution in [0.3, 0.4) is 0 Å². The van der Waals surface area contributed by atoms with E-state index in [1.165, 1.54) is 22.1 Å². The second kappa shape index (κ2) is 5.19. The number of rotatable bonds is 3. The fraction of sp³-hybridized carbons (Fsp3) is 0.538. The van der Waals surface area contributed by atoms with E-state index in [0.717, 1.165) is 19.5 Å². The molecule has 1 aromatic carbocycles. The lowest BCUT2D eigenvalue weighted by molar-refractivity contribution is 0.263. The first-order valence-electron chi connectivity index (χ1n) is 5.82. The van der Waals surface area contributed by atoms with Crippen LogP contribution in [0.5, 0.6) is 0 Å². The summed E-state index contributed by atoms with van der Waals surface area (Å²) in [6, 6.07) is 6.51. The van der Waals surface area contributed by atoms with Crippen LogP contribution < -0.4 is 4.90 Å². The van der Waals surface area contributed by atoms with E-state index in [-0.39, 0.29) is 0 Å². The minimum absolute atomic E-state index is 0.317. The largest absolute Gasteiger partial charge is 0.396 e. The predicted octanol–water partition coefficient (Wildman–Crippen LogP) is 2.97. The quantitative estimate of drug-likeness (QED) is 0.922.